The van der Waals surface area contributed by atoms with Gasteiger partial charge in [0.05, 0.1) is 0 Å². The molecule has 1 aromatic heterocycles. The zero-order valence-electron chi connectivity index (χ0n) is 8.20. The van der Waals surface area contributed by atoms with E-state index in [0.717, 1.165) is 16.4 Å². The van der Waals surface area contributed by atoms with E-state index in [2.05, 4.69) is 15.9 Å². The third-order valence-corrected chi connectivity index (χ3v) is 3.35. The van der Waals surface area contributed by atoms with Crippen molar-refractivity contribution in [1.29, 1.82) is 0 Å². The number of aromatic hydroxyl groups is 1. The van der Waals surface area contributed by atoms with Crippen LogP contribution in [0.4, 0.5) is 0 Å². The fourth-order valence-electron chi connectivity index (χ4n) is 1.83. The first-order valence-corrected chi connectivity index (χ1v) is 5.56. The summed E-state index contributed by atoms with van der Waals surface area (Å²) in [7, 11) is 5.72. The minimum absolute atomic E-state index is 0.0200. The lowest BCUT2D eigenvalue weighted by atomic mass is 9.93. The number of phenolic OH excluding ortho intramolecular Hbond substituents is 1. The summed E-state index contributed by atoms with van der Waals surface area (Å²) in [6.45, 7) is 0. The molecule has 3 rings (SSSR count). The predicted molar refractivity (Wildman–Crippen MR) is 68.5 cm³/mol. The van der Waals surface area contributed by atoms with Crippen LogP contribution in [0.2, 0.25) is 0 Å². The Morgan fingerprint density at radius 2 is 1.94 bits per heavy atom. The number of rotatable bonds is 0. The van der Waals surface area contributed by atoms with Crippen LogP contribution in [0.3, 0.4) is 0 Å². The molecule has 3 aromatic rings. The number of hydrogen-bond donors (Lipinski definition) is 1. The van der Waals surface area contributed by atoms with Gasteiger partial charge in [0, 0.05) is 10.8 Å². The van der Waals surface area contributed by atoms with Crippen molar-refractivity contribution in [3.05, 3.63) is 34.8 Å². The molecule has 0 unspecified atom stereocenters. The maximum absolute atomic E-state index is 9.70. The van der Waals surface area contributed by atoms with Gasteiger partial charge < -0.3 is 9.52 Å². The van der Waals surface area contributed by atoms with Gasteiger partial charge in [-0.1, -0.05) is 29.7 Å². The molecular weight excluding hydrogens is 267 g/mol. The summed E-state index contributed by atoms with van der Waals surface area (Å²) >= 11 is 3.29. The maximum Gasteiger partial charge on any atom is 0.153 e. The average Bonchev–Trinajstić information content (AvgIpc) is 2.65. The highest BCUT2D eigenvalue weighted by atomic mass is 79.9. The van der Waals surface area contributed by atoms with Crippen LogP contribution in [0.5, 0.6) is 5.75 Å². The summed E-state index contributed by atoms with van der Waals surface area (Å²) in [5.74, 6) is 0.0200. The minimum atomic E-state index is 0.0200. The summed E-state index contributed by atoms with van der Waals surface area (Å²) in [5.41, 5.74) is 1.74. The Hall–Kier alpha value is -1.42. The smallest absolute Gasteiger partial charge is 0.153 e. The monoisotopic (exact) mass is 272 g/mol. The molecule has 0 aliphatic rings. The summed E-state index contributed by atoms with van der Waals surface area (Å²) < 4.78 is 6.16. The Morgan fingerprint density at radius 1 is 1.19 bits per heavy atom. The van der Waals surface area contributed by atoms with Gasteiger partial charge in [0.15, 0.2) is 5.58 Å². The van der Waals surface area contributed by atoms with E-state index in [1.807, 2.05) is 24.3 Å². The highest BCUT2D eigenvalue weighted by Crippen LogP contribution is 2.36. The van der Waals surface area contributed by atoms with Crippen LogP contribution >= 0.6 is 15.9 Å². The second-order valence-electron chi connectivity index (χ2n) is 3.60. The van der Waals surface area contributed by atoms with Gasteiger partial charge in [-0.3, -0.25) is 0 Å². The zero-order valence-corrected chi connectivity index (χ0v) is 9.78. The van der Waals surface area contributed by atoms with Crippen LogP contribution in [-0.2, 0) is 0 Å². The third-order valence-electron chi connectivity index (χ3n) is 2.61. The van der Waals surface area contributed by atoms with Crippen LogP contribution in [0.1, 0.15) is 0 Å². The molecule has 4 heteroatoms. The van der Waals surface area contributed by atoms with Crippen molar-refractivity contribution < 1.29 is 9.52 Å². The minimum Gasteiger partial charge on any atom is -0.507 e. The van der Waals surface area contributed by atoms with Gasteiger partial charge >= 0.3 is 0 Å². The molecule has 2 aromatic carbocycles. The van der Waals surface area contributed by atoms with E-state index in [9.17, 15) is 5.11 Å². The van der Waals surface area contributed by atoms with Crippen LogP contribution in [0, 0.1) is 0 Å². The van der Waals surface area contributed by atoms with E-state index in [1.165, 1.54) is 0 Å². The molecule has 1 N–H and O–H groups in total. The molecule has 0 bridgehead atoms. The van der Waals surface area contributed by atoms with Crippen molar-refractivity contribution in [2.24, 2.45) is 0 Å². The Labute approximate surface area is 101 Å². The summed E-state index contributed by atoms with van der Waals surface area (Å²) in [5, 5.41) is 11.6. The van der Waals surface area contributed by atoms with Crippen molar-refractivity contribution in [3.63, 3.8) is 0 Å². The Bertz CT molecular complexity index is 703. The fraction of sp³-hybridized carbons (Fsp3) is 0. The van der Waals surface area contributed by atoms with Crippen molar-refractivity contribution in [1.82, 2.24) is 0 Å². The van der Waals surface area contributed by atoms with Gasteiger partial charge in [-0.05, 0) is 22.0 Å². The highest BCUT2D eigenvalue weighted by molar-refractivity contribution is 9.10. The molecule has 76 valence electrons. The van der Waals surface area contributed by atoms with E-state index in [0.29, 0.717) is 15.5 Å². The van der Waals surface area contributed by atoms with Crippen LogP contribution < -0.4 is 5.46 Å². The first-order chi connectivity index (χ1) is 7.68. The van der Waals surface area contributed by atoms with Gasteiger partial charge in [0.2, 0.25) is 0 Å². The second kappa shape index (κ2) is 3.29. The SMILES string of the molecule is [B]c1cc2c(oc3ccccc32)c(Br)c1O. The topological polar surface area (TPSA) is 33.4 Å². The molecule has 2 nitrogen and oxygen atoms in total. The summed E-state index contributed by atoms with van der Waals surface area (Å²) in [4.78, 5) is 0. The third kappa shape index (κ3) is 1.20. The molecule has 16 heavy (non-hydrogen) atoms. The molecule has 0 aliphatic carbocycles. The first-order valence-electron chi connectivity index (χ1n) is 4.76. The number of benzene rings is 2. The quantitative estimate of drug-likeness (QED) is 0.639. The van der Waals surface area contributed by atoms with E-state index < -0.39 is 0 Å². The number of para-hydroxylation sites is 1. The Balaban J connectivity index is 2.60. The molecule has 1 heterocycles. The molecule has 0 aliphatic heterocycles. The van der Waals surface area contributed by atoms with Gasteiger partial charge in [0.1, 0.15) is 23.7 Å². The van der Waals surface area contributed by atoms with Crippen molar-refractivity contribution >= 4 is 51.2 Å². The van der Waals surface area contributed by atoms with Crippen LogP contribution in [-0.4, -0.2) is 13.0 Å². The zero-order chi connectivity index (χ0) is 11.3. The predicted octanol–water partition coefficient (Wildman–Crippen LogP) is 2.85. The van der Waals surface area contributed by atoms with E-state index in [4.69, 9.17) is 12.3 Å². The fourth-order valence-corrected chi connectivity index (χ4v) is 2.35. The highest BCUT2D eigenvalue weighted by Gasteiger charge is 2.13. The Kier molecular flexibility index (Phi) is 2.01. The number of fused-ring (bicyclic) bond motifs is 3. The van der Waals surface area contributed by atoms with Gasteiger partial charge in [-0.2, -0.15) is 0 Å². The van der Waals surface area contributed by atoms with E-state index in [-0.39, 0.29) is 5.75 Å². The lowest BCUT2D eigenvalue weighted by molar-refractivity contribution is 0.475. The van der Waals surface area contributed by atoms with Crippen molar-refractivity contribution in [2.75, 3.05) is 0 Å². The summed E-state index contributed by atoms with van der Waals surface area (Å²) in [6, 6.07) is 9.41. The number of halogens is 1. The number of furan rings is 1. The molecule has 0 spiro atoms. The Morgan fingerprint density at radius 3 is 2.75 bits per heavy atom. The number of hydrogen-bond acceptors (Lipinski definition) is 2. The normalized spacial score (nSPS) is 11.3. The molecule has 0 fully saturated rings. The second-order valence-corrected chi connectivity index (χ2v) is 4.40. The average molecular weight is 273 g/mol. The molecule has 0 saturated heterocycles. The standard InChI is InChI=1S/C12H6BBrO2/c13-8-5-7-6-3-1-2-4-9(6)16-12(7)10(14)11(8)15/h1-5,15H. The first kappa shape index (κ1) is 9.79. The van der Waals surface area contributed by atoms with E-state index >= 15 is 0 Å². The lowest BCUT2D eigenvalue weighted by Gasteiger charge is -2.01. The lowest BCUT2D eigenvalue weighted by Crippen LogP contribution is -2.02. The van der Waals surface area contributed by atoms with Crippen molar-refractivity contribution in [3.8, 4) is 5.75 Å². The molecule has 0 amide bonds. The van der Waals surface area contributed by atoms with E-state index in [1.54, 1.807) is 6.07 Å². The van der Waals surface area contributed by atoms with Gasteiger partial charge in [0.25, 0.3) is 0 Å². The van der Waals surface area contributed by atoms with Crippen LogP contribution in [0.25, 0.3) is 21.9 Å². The van der Waals surface area contributed by atoms with Gasteiger partial charge in [-0.15, -0.1) is 0 Å². The summed E-state index contributed by atoms with van der Waals surface area (Å²) in [6.07, 6.45) is 0. The van der Waals surface area contributed by atoms with Crippen LogP contribution in [0.15, 0.2) is 39.2 Å². The molecule has 2 radical (unpaired) electrons. The molecule has 0 saturated carbocycles. The molecule has 0 atom stereocenters. The number of phenols is 1. The van der Waals surface area contributed by atoms with Crippen molar-refractivity contribution in [2.45, 2.75) is 0 Å². The maximum atomic E-state index is 9.70. The largest absolute Gasteiger partial charge is 0.507 e. The van der Waals surface area contributed by atoms with Gasteiger partial charge in [-0.25, -0.2) is 0 Å². The molecular formula is C12H6BBrO2.